The van der Waals surface area contributed by atoms with Gasteiger partial charge in [0.2, 0.25) is 5.91 Å². The number of hydrazone groups is 1. The molecule has 1 N–H and O–H groups in total. The molecular formula is C23H16F4N6O2. The molecule has 3 aromatic rings. The third kappa shape index (κ3) is 6.08. The second kappa shape index (κ2) is 9.76. The standard InChI is InChI=1S/C23H16F4N6O2/c24-16-3-1-15(2-4-16)21-19(22-29-10-14(9-28)11-30-22)12-33(32-21)13-20(34)31-17-5-7-18(8-6-17)35-23(25,26)27/h1-8,10-11,19H,12-13H2,(H,31,34). The smallest absolute Gasteiger partial charge is 0.406 e. The van der Waals surface area contributed by atoms with Gasteiger partial charge in [-0.2, -0.15) is 10.4 Å². The van der Waals surface area contributed by atoms with Crippen LogP contribution in [0.15, 0.2) is 66.0 Å². The molecule has 1 amide bonds. The van der Waals surface area contributed by atoms with Crippen LogP contribution in [0.3, 0.4) is 0 Å². The van der Waals surface area contributed by atoms with E-state index >= 15 is 0 Å². The topological polar surface area (TPSA) is 104 Å². The lowest BCUT2D eigenvalue weighted by molar-refractivity contribution is -0.274. The molecule has 0 radical (unpaired) electrons. The summed E-state index contributed by atoms with van der Waals surface area (Å²) in [6.45, 7) is 0.0721. The maximum atomic E-state index is 13.4. The number of benzene rings is 2. The number of halogens is 4. The van der Waals surface area contributed by atoms with E-state index < -0.39 is 29.8 Å². The number of anilines is 1. The highest BCUT2D eigenvalue weighted by atomic mass is 19.4. The van der Waals surface area contributed by atoms with Gasteiger partial charge in [-0.05, 0) is 42.0 Å². The lowest BCUT2D eigenvalue weighted by Crippen LogP contribution is -2.29. The van der Waals surface area contributed by atoms with Crippen LogP contribution in [0.4, 0.5) is 23.2 Å². The second-order valence-electron chi connectivity index (χ2n) is 7.45. The van der Waals surface area contributed by atoms with E-state index in [0.29, 0.717) is 17.1 Å². The van der Waals surface area contributed by atoms with E-state index in [1.165, 1.54) is 41.7 Å². The fourth-order valence-corrected chi connectivity index (χ4v) is 3.43. The van der Waals surface area contributed by atoms with Gasteiger partial charge in [0.25, 0.3) is 0 Å². The summed E-state index contributed by atoms with van der Waals surface area (Å²) < 4.78 is 54.1. The Kier molecular flexibility index (Phi) is 6.59. The van der Waals surface area contributed by atoms with Crippen molar-refractivity contribution in [2.24, 2.45) is 5.10 Å². The van der Waals surface area contributed by atoms with Crippen LogP contribution in [0.2, 0.25) is 0 Å². The Balaban J connectivity index is 1.48. The Bertz CT molecular complexity index is 1270. The van der Waals surface area contributed by atoms with Gasteiger partial charge >= 0.3 is 6.36 Å². The van der Waals surface area contributed by atoms with Crippen LogP contribution in [-0.4, -0.2) is 46.0 Å². The molecule has 0 saturated heterocycles. The molecule has 12 heteroatoms. The second-order valence-corrected chi connectivity index (χ2v) is 7.45. The summed E-state index contributed by atoms with van der Waals surface area (Å²) in [5.74, 6) is -1.34. The minimum absolute atomic E-state index is 0.168. The van der Waals surface area contributed by atoms with Crippen LogP contribution in [-0.2, 0) is 4.79 Å². The number of nitriles is 1. The zero-order chi connectivity index (χ0) is 25.0. The molecule has 1 unspecified atom stereocenters. The van der Waals surface area contributed by atoms with Crippen molar-refractivity contribution in [1.82, 2.24) is 15.0 Å². The molecule has 2 heterocycles. The van der Waals surface area contributed by atoms with Crippen molar-refractivity contribution in [3.63, 3.8) is 0 Å². The van der Waals surface area contributed by atoms with Gasteiger partial charge < -0.3 is 10.1 Å². The molecule has 178 valence electrons. The maximum Gasteiger partial charge on any atom is 0.573 e. The molecule has 0 fully saturated rings. The van der Waals surface area contributed by atoms with Crippen molar-refractivity contribution in [3.8, 4) is 11.8 Å². The van der Waals surface area contributed by atoms with Gasteiger partial charge in [0.05, 0.1) is 23.7 Å². The number of hydrogen-bond acceptors (Lipinski definition) is 7. The summed E-state index contributed by atoms with van der Waals surface area (Å²) >= 11 is 0. The Morgan fingerprint density at radius 3 is 2.37 bits per heavy atom. The number of nitrogens with zero attached hydrogens (tertiary/aromatic N) is 5. The minimum atomic E-state index is -4.81. The number of ether oxygens (including phenoxy) is 1. The average Bonchev–Trinajstić information content (AvgIpc) is 3.23. The van der Waals surface area contributed by atoms with Crippen molar-refractivity contribution in [3.05, 3.63) is 83.7 Å². The van der Waals surface area contributed by atoms with Crippen molar-refractivity contribution in [2.75, 3.05) is 18.4 Å². The highest BCUT2D eigenvalue weighted by Crippen LogP contribution is 2.27. The third-order valence-corrected chi connectivity index (χ3v) is 4.92. The Morgan fingerprint density at radius 2 is 1.77 bits per heavy atom. The average molecular weight is 484 g/mol. The van der Waals surface area contributed by atoms with Gasteiger partial charge in [0, 0.05) is 18.1 Å². The van der Waals surface area contributed by atoms with Crippen molar-refractivity contribution in [1.29, 1.82) is 5.26 Å². The van der Waals surface area contributed by atoms with E-state index in [1.807, 2.05) is 6.07 Å². The molecule has 1 aliphatic rings. The number of aromatic nitrogens is 2. The lowest BCUT2D eigenvalue weighted by atomic mass is 9.96. The van der Waals surface area contributed by atoms with Gasteiger partial charge in [0.1, 0.15) is 30.0 Å². The molecule has 2 aromatic carbocycles. The Labute approximate surface area is 196 Å². The fraction of sp³-hybridized carbons (Fsp3) is 0.174. The van der Waals surface area contributed by atoms with E-state index in [0.717, 1.165) is 12.1 Å². The number of amides is 1. The van der Waals surface area contributed by atoms with Crippen LogP contribution >= 0.6 is 0 Å². The maximum absolute atomic E-state index is 13.4. The predicted molar refractivity (Wildman–Crippen MR) is 116 cm³/mol. The fourth-order valence-electron chi connectivity index (χ4n) is 3.43. The summed E-state index contributed by atoms with van der Waals surface area (Å²) in [6, 6.07) is 12.4. The van der Waals surface area contributed by atoms with Crippen molar-refractivity contribution in [2.45, 2.75) is 12.3 Å². The Morgan fingerprint density at radius 1 is 1.11 bits per heavy atom. The van der Waals surface area contributed by atoms with E-state index in [2.05, 4.69) is 25.1 Å². The lowest BCUT2D eigenvalue weighted by Gasteiger charge is -2.15. The summed E-state index contributed by atoms with van der Waals surface area (Å²) in [4.78, 5) is 21.0. The normalized spacial score (nSPS) is 15.3. The van der Waals surface area contributed by atoms with E-state index in [-0.39, 0.29) is 24.3 Å². The number of rotatable bonds is 6. The molecular weight excluding hydrogens is 468 g/mol. The number of carbonyl (C=O) groups excluding carboxylic acids is 1. The van der Waals surface area contributed by atoms with Gasteiger partial charge in [-0.1, -0.05) is 12.1 Å². The zero-order valence-corrected chi connectivity index (χ0v) is 17.8. The quantitative estimate of drug-likeness (QED) is 0.534. The van der Waals surface area contributed by atoms with Gasteiger partial charge in [0.15, 0.2) is 0 Å². The summed E-state index contributed by atoms with van der Waals surface area (Å²) in [6.07, 6.45) is -2.05. The molecule has 35 heavy (non-hydrogen) atoms. The third-order valence-electron chi connectivity index (χ3n) is 4.92. The summed E-state index contributed by atoms with van der Waals surface area (Å²) in [5.41, 5.74) is 1.71. The zero-order valence-electron chi connectivity index (χ0n) is 17.8. The largest absolute Gasteiger partial charge is 0.573 e. The molecule has 4 rings (SSSR count). The van der Waals surface area contributed by atoms with Gasteiger partial charge in [-0.25, -0.2) is 14.4 Å². The molecule has 1 atom stereocenters. The van der Waals surface area contributed by atoms with E-state index in [9.17, 15) is 22.4 Å². The van der Waals surface area contributed by atoms with Gasteiger partial charge in [-0.3, -0.25) is 9.80 Å². The molecule has 0 saturated carbocycles. The predicted octanol–water partition coefficient (Wildman–Crippen LogP) is 3.83. The molecule has 8 nitrogen and oxygen atoms in total. The van der Waals surface area contributed by atoms with Crippen molar-refractivity contribution >= 4 is 17.3 Å². The first-order chi connectivity index (χ1) is 16.7. The summed E-state index contributed by atoms with van der Waals surface area (Å²) in [7, 11) is 0. The molecule has 0 bridgehead atoms. The highest BCUT2D eigenvalue weighted by Gasteiger charge is 2.33. The summed E-state index contributed by atoms with van der Waals surface area (Å²) in [5, 5.41) is 17.6. The van der Waals surface area contributed by atoms with Crippen LogP contribution in [0.5, 0.6) is 5.75 Å². The van der Waals surface area contributed by atoms with Crippen LogP contribution in [0, 0.1) is 17.1 Å². The molecule has 1 aromatic heterocycles. The number of nitrogens with one attached hydrogen (secondary N) is 1. The van der Waals surface area contributed by atoms with Crippen molar-refractivity contribution < 1.29 is 27.1 Å². The van der Waals surface area contributed by atoms with Crippen LogP contribution < -0.4 is 10.1 Å². The molecule has 0 aliphatic carbocycles. The SMILES string of the molecule is N#Cc1cnc(C2CN(CC(=O)Nc3ccc(OC(F)(F)F)cc3)N=C2c2ccc(F)cc2)nc1. The first-order valence-electron chi connectivity index (χ1n) is 10.2. The van der Waals surface area contributed by atoms with Gasteiger partial charge in [-0.15, -0.1) is 13.2 Å². The van der Waals surface area contributed by atoms with Crippen LogP contribution in [0.25, 0.3) is 0 Å². The number of carbonyl (C=O) groups is 1. The first-order valence-corrected chi connectivity index (χ1v) is 10.2. The highest BCUT2D eigenvalue weighted by molar-refractivity contribution is 6.06. The molecule has 1 aliphatic heterocycles. The monoisotopic (exact) mass is 484 g/mol. The van der Waals surface area contributed by atoms with Crippen LogP contribution in [0.1, 0.15) is 22.9 Å². The number of alkyl halides is 3. The Hall–Kier alpha value is -4.53. The first kappa shape index (κ1) is 23.6. The van der Waals surface area contributed by atoms with E-state index in [4.69, 9.17) is 5.26 Å². The van der Waals surface area contributed by atoms with E-state index in [1.54, 1.807) is 12.1 Å². The molecule has 0 spiro atoms. The number of hydrogen-bond donors (Lipinski definition) is 1. The minimum Gasteiger partial charge on any atom is -0.406 e.